The largest absolute Gasteiger partial charge is 0.389 e. The summed E-state index contributed by atoms with van der Waals surface area (Å²) < 4.78 is 1.08. The van der Waals surface area contributed by atoms with Crippen molar-refractivity contribution in [1.29, 1.82) is 5.26 Å². The van der Waals surface area contributed by atoms with E-state index in [9.17, 15) is 5.11 Å². The summed E-state index contributed by atoms with van der Waals surface area (Å²) in [6, 6.07) is 9.60. The van der Waals surface area contributed by atoms with Crippen molar-refractivity contribution < 1.29 is 5.11 Å². The minimum absolute atomic E-state index is 0.560. The molecule has 104 valence electrons. The lowest BCUT2D eigenvalue weighted by Crippen LogP contribution is -2.18. The van der Waals surface area contributed by atoms with Crippen LogP contribution in [0.25, 0.3) is 0 Å². The van der Waals surface area contributed by atoms with Gasteiger partial charge in [-0.05, 0) is 41.1 Å². The van der Waals surface area contributed by atoms with E-state index in [1.54, 1.807) is 24.3 Å². The Morgan fingerprint density at radius 1 is 1.45 bits per heavy atom. The minimum Gasteiger partial charge on any atom is -0.389 e. The fraction of sp³-hybridized carbons (Fsp3) is 0.267. The third-order valence-electron chi connectivity index (χ3n) is 3.04. The van der Waals surface area contributed by atoms with Gasteiger partial charge >= 0.3 is 0 Å². The molecule has 0 saturated carbocycles. The van der Waals surface area contributed by atoms with Gasteiger partial charge in [0.25, 0.3) is 0 Å². The Bertz CT molecular complexity index is 646. The van der Waals surface area contributed by atoms with Crippen LogP contribution in [0.15, 0.2) is 34.1 Å². The van der Waals surface area contributed by atoms with E-state index < -0.39 is 6.10 Å². The Morgan fingerprint density at radius 3 is 2.75 bits per heavy atom. The second-order valence-electron chi connectivity index (χ2n) is 4.65. The molecule has 1 aromatic heterocycles. The summed E-state index contributed by atoms with van der Waals surface area (Å²) in [7, 11) is 1.97. The van der Waals surface area contributed by atoms with E-state index in [2.05, 4.69) is 33.0 Å². The van der Waals surface area contributed by atoms with Crippen molar-refractivity contribution in [3.63, 3.8) is 0 Å². The molecule has 0 amide bonds. The normalized spacial score (nSPS) is 11.9. The fourth-order valence-electron chi connectivity index (χ4n) is 2.05. The number of halogens is 1. The first kappa shape index (κ1) is 15.0. The number of anilines is 1. The molecular weight excluding hydrogens is 336 g/mol. The predicted octanol–water partition coefficient (Wildman–Crippen LogP) is 4.07. The van der Waals surface area contributed by atoms with Crippen LogP contribution in [0.2, 0.25) is 0 Å². The van der Waals surface area contributed by atoms with E-state index in [-0.39, 0.29) is 0 Å². The Kier molecular flexibility index (Phi) is 4.81. The summed E-state index contributed by atoms with van der Waals surface area (Å²) in [5.41, 5.74) is 2.33. The van der Waals surface area contributed by atoms with E-state index in [1.165, 1.54) is 4.88 Å². The molecule has 0 aliphatic carbocycles. The van der Waals surface area contributed by atoms with Gasteiger partial charge in [0, 0.05) is 33.0 Å². The predicted molar refractivity (Wildman–Crippen MR) is 85.9 cm³/mol. The van der Waals surface area contributed by atoms with E-state index >= 15 is 0 Å². The SMILES string of the molecule is C[C@H](O)c1ccc(C#N)cc1N(C)Cc1cc(Br)cs1. The molecule has 0 unspecified atom stereocenters. The van der Waals surface area contributed by atoms with Crippen LogP contribution in [0.4, 0.5) is 5.69 Å². The summed E-state index contributed by atoms with van der Waals surface area (Å²) in [4.78, 5) is 3.28. The zero-order valence-electron chi connectivity index (χ0n) is 11.3. The van der Waals surface area contributed by atoms with Gasteiger partial charge in [-0.2, -0.15) is 5.26 Å². The van der Waals surface area contributed by atoms with Crippen LogP contribution in [0.3, 0.4) is 0 Å². The van der Waals surface area contributed by atoms with E-state index in [4.69, 9.17) is 5.26 Å². The van der Waals surface area contributed by atoms with Crippen LogP contribution in [-0.4, -0.2) is 12.2 Å². The van der Waals surface area contributed by atoms with Crippen LogP contribution < -0.4 is 4.90 Å². The van der Waals surface area contributed by atoms with Crippen LogP contribution >= 0.6 is 27.3 Å². The van der Waals surface area contributed by atoms with Gasteiger partial charge in [0.05, 0.1) is 24.3 Å². The minimum atomic E-state index is -0.560. The Labute approximate surface area is 131 Å². The van der Waals surface area contributed by atoms with Crippen molar-refractivity contribution in [2.24, 2.45) is 0 Å². The molecule has 1 heterocycles. The monoisotopic (exact) mass is 350 g/mol. The molecule has 1 atom stereocenters. The molecular formula is C15H15BrN2OS. The second-order valence-corrected chi connectivity index (χ2v) is 6.56. The molecule has 0 bridgehead atoms. The number of hydrogen-bond acceptors (Lipinski definition) is 4. The number of rotatable bonds is 4. The van der Waals surface area contributed by atoms with Crippen molar-refractivity contribution in [3.8, 4) is 6.07 Å². The lowest BCUT2D eigenvalue weighted by molar-refractivity contribution is 0.199. The summed E-state index contributed by atoms with van der Waals surface area (Å²) in [6.45, 7) is 2.48. The highest BCUT2D eigenvalue weighted by Crippen LogP contribution is 2.29. The highest BCUT2D eigenvalue weighted by molar-refractivity contribution is 9.10. The molecule has 0 fully saturated rings. The summed E-state index contributed by atoms with van der Waals surface area (Å²) in [5, 5.41) is 21.0. The topological polar surface area (TPSA) is 47.3 Å². The lowest BCUT2D eigenvalue weighted by Gasteiger charge is -2.23. The molecule has 1 aromatic carbocycles. The molecule has 0 radical (unpaired) electrons. The van der Waals surface area contributed by atoms with Gasteiger partial charge < -0.3 is 10.0 Å². The Hall–Kier alpha value is -1.35. The number of benzene rings is 1. The first-order chi connectivity index (χ1) is 9.51. The van der Waals surface area contributed by atoms with Gasteiger partial charge in [-0.25, -0.2) is 0 Å². The first-order valence-corrected chi connectivity index (χ1v) is 7.84. The highest BCUT2D eigenvalue weighted by atomic mass is 79.9. The smallest absolute Gasteiger partial charge is 0.0992 e. The summed E-state index contributed by atoms with van der Waals surface area (Å²) in [5.74, 6) is 0. The van der Waals surface area contributed by atoms with E-state index in [1.807, 2.05) is 24.6 Å². The zero-order valence-corrected chi connectivity index (χ0v) is 13.7. The van der Waals surface area contributed by atoms with E-state index in [0.717, 1.165) is 22.3 Å². The lowest BCUT2D eigenvalue weighted by atomic mass is 10.0. The number of thiophene rings is 1. The second kappa shape index (κ2) is 6.40. The fourth-order valence-corrected chi connectivity index (χ4v) is 3.56. The van der Waals surface area contributed by atoms with Crippen molar-refractivity contribution in [2.45, 2.75) is 19.6 Å². The van der Waals surface area contributed by atoms with Gasteiger partial charge in [0.15, 0.2) is 0 Å². The molecule has 3 nitrogen and oxygen atoms in total. The van der Waals surface area contributed by atoms with Crippen LogP contribution in [0, 0.1) is 11.3 Å². The maximum Gasteiger partial charge on any atom is 0.0992 e. The number of hydrogen-bond donors (Lipinski definition) is 1. The Morgan fingerprint density at radius 2 is 2.20 bits per heavy atom. The van der Waals surface area contributed by atoms with Crippen LogP contribution in [0.1, 0.15) is 29.0 Å². The van der Waals surface area contributed by atoms with Gasteiger partial charge in [-0.3, -0.25) is 0 Å². The van der Waals surface area contributed by atoms with Crippen LogP contribution in [0.5, 0.6) is 0 Å². The average Bonchev–Trinajstić information content (AvgIpc) is 2.83. The number of aliphatic hydroxyl groups is 1. The van der Waals surface area contributed by atoms with Crippen molar-refractivity contribution in [3.05, 3.63) is 50.1 Å². The average molecular weight is 351 g/mol. The first-order valence-electron chi connectivity index (χ1n) is 6.17. The number of nitrogens with zero attached hydrogens (tertiary/aromatic N) is 2. The Balaban J connectivity index is 2.32. The molecule has 0 spiro atoms. The highest BCUT2D eigenvalue weighted by Gasteiger charge is 2.13. The van der Waals surface area contributed by atoms with Crippen molar-refractivity contribution in [2.75, 3.05) is 11.9 Å². The van der Waals surface area contributed by atoms with E-state index in [0.29, 0.717) is 5.56 Å². The zero-order chi connectivity index (χ0) is 14.7. The van der Waals surface area contributed by atoms with Crippen molar-refractivity contribution >= 4 is 33.0 Å². The van der Waals surface area contributed by atoms with Crippen LogP contribution in [-0.2, 0) is 6.54 Å². The quantitative estimate of drug-likeness (QED) is 0.903. The van der Waals surface area contributed by atoms with Gasteiger partial charge in [-0.1, -0.05) is 6.07 Å². The standard InChI is InChI=1S/C15H15BrN2OS/c1-10(19)14-4-3-11(7-17)5-15(14)18(2)8-13-6-12(16)9-20-13/h3-6,9-10,19H,8H2,1-2H3/t10-/m0/s1. The van der Waals surface area contributed by atoms with Gasteiger partial charge in [0.1, 0.15) is 0 Å². The summed E-state index contributed by atoms with van der Waals surface area (Å²) in [6.07, 6.45) is -0.560. The summed E-state index contributed by atoms with van der Waals surface area (Å²) >= 11 is 5.13. The van der Waals surface area contributed by atoms with Gasteiger partial charge in [-0.15, -0.1) is 11.3 Å². The molecule has 5 heteroatoms. The maximum atomic E-state index is 9.87. The molecule has 1 N–H and O–H groups in total. The molecule has 2 rings (SSSR count). The van der Waals surface area contributed by atoms with Crippen molar-refractivity contribution in [1.82, 2.24) is 0 Å². The number of nitriles is 1. The molecule has 2 aromatic rings. The molecule has 0 aliphatic rings. The molecule has 0 saturated heterocycles. The third-order valence-corrected chi connectivity index (χ3v) is 4.72. The third kappa shape index (κ3) is 3.40. The molecule has 0 aliphatic heterocycles. The number of aliphatic hydroxyl groups excluding tert-OH is 1. The van der Waals surface area contributed by atoms with Gasteiger partial charge in [0.2, 0.25) is 0 Å². The molecule has 20 heavy (non-hydrogen) atoms. The maximum absolute atomic E-state index is 9.87.